The summed E-state index contributed by atoms with van der Waals surface area (Å²) < 4.78 is 13.8. The van der Waals surface area contributed by atoms with Gasteiger partial charge >= 0.3 is 0 Å². The van der Waals surface area contributed by atoms with Gasteiger partial charge in [0.25, 0.3) is 0 Å². The minimum absolute atomic E-state index is 0.244. The van der Waals surface area contributed by atoms with E-state index in [9.17, 15) is 0 Å². The molecule has 0 saturated heterocycles. The van der Waals surface area contributed by atoms with Gasteiger partial charge in [-0.2, -0.15) is 0 Å². The maximum atomic E-state index is 6.99. The lowest BCUT2D eigenvalue weighted by Crippen LogP contribution is -2.48. The molecule has 1 rings (SSSR count). The predicted octanol–water partition coefficient (Wildman–Crippen LogP) is 7.92. The van der Waals surface area contributed by atoms with E-state index in [0.29, 0.717) is 18.1 Å². The fourth-order valence-electron chi connectivity index (χ4n) is 3.16. The second kappa shape index (κ2) is 9.27. The average Bonchev–Trinajstić information content (AvgIpc) is 2.64. The Morgan fingerprint density at radius 2 is 1.41 bits per heavy atom. The molecule has 160 valence electrons. The Kier molecular flexibility index (Phi) is 8.63. The van der Waals surface area contributed by atoms with Crippen molar-refractivity contribution in [1.29, 1.82) is 0 Å². The second-order valence-corrected chi connectivity index (χ2v) is 21.1. The molecule has 0 heterocycles. The third-order valence-electron chi connectivity index (χ3n) is 7.17. The molecule has 1 aliphatic carbocycles. The lowest BCUT2D eigenvalue weighted by Gasteiger charge is -2.43. The van der Waals surface area contributed by atoms with Crippen LogP contribution in [0.2, 0.25) is 36.3 Å². The largest absolute Gasteiger partial charge is 0.414 e. The maximum Gasteiger partial charge on any atom is 0.192 e. The van der Waals surface area contributed by atoms with E-state index in [0.717, 1.165) is 12.8 Å². The Morgan fingerprint density at radius 1 is 0.889 bits per heavy atom. The lowest BCUT2D eigenvalue weighted by molar-refractivity contribution is 0.0714. The average molecular weight is 413 g/mol. The highest BCUT2D eigenvalue weighted by molar-refractivity contribution is 6.74. The molecule has 0 aromatic heterocycles. The first-order chi connectivity index (χ1) is 12.1. The third kappa shape index (κ3) is 7.13. The Morgan fingerprint density at radius 3 is 1.89 bits per heavy atom. The molecule has 0 N–H and O–H groups in total. The highest BCUT2D eigenvalue weighted by Gasteiger charge is 2.43. The van der Waals surface area contributed by atoms with E-state index >= 15 is 0 Å². The van der Waals surface area contributed by atoms with E-state index in [2.05, 4.69) is 86.8 Å². The van der Waals surface area contributed by atoms with Crippen LogP contribution < -0.4 is 0 Å². The molecule has 4 heteroatoms. The number of hydrogen-bond acceptors (Lipinski definition) is 2. The standard InChI is InChI=1S/C23H48O2Si2/c1-12-13-15-19-16-14-17-20(24-26(8,9)22(2,3)4)18-21(19)25-27(10,11)23(5,6)7/h14,16,19-21H,12-13,15,17-18H2,1-11H3/t19-,20-,21+/m0/s1. The number of hydrogen-bond donors (Lipinski definition) is 0. The van der Waals surface area contributed by atoms with Crippen LogP contribution in [0.1, 0.15) is 80.6 Å². The molecule has 3 atom stereocenters. The van der Waals surface area contributed by atoms with Crippen LogP contribution in [-0.2, 0) is 8.85 Å². The molecule has 0 radical (unpaired) electrons. The van der Waals surface area contributed by atoms with E-state index in [-0.39, 0.29) is 10.1 Å². The Labute approximate surface area is 172 Å². The summed E-state index contributed by atoms with van der Waals surface area (Å²) in [5.41, 5.74) is 0. The molecule has 27 heavy (non-hydrogen) atoms. The van der Waals surface area contributed by atoms with Crippen LogP contribution in [0.5, 0.6) is 0 Å². The first kappa shape index (κ1) is 25.1. The molecule has 0 aromatic rings. The van der Waals surface area contributed by atoms with Crippen molar-refractivity contribution in [3.63, 3.8) is 0 Å². The minimum Gasteiger partial charge on any atom is -0.414 e. The van der Waals surface area contributed by atoms with E-state index < -0.39 is 16.6 Å². The van der Waals surface area contributed by atoms with Gasteiger partial charge in [0.15, 0.2) is 16.6 Å². The van der Waals surface area contributed by atoms with Crippen LogP contribution in [0.3, 0.4) is 0 Å². The molecule has 2 nitrogen and oxygen atoms in total. The van der Waals surface area contributed by atoms with Crippen molar-refractivity contribution in [2.75, 3.05) is 0 Å². The Hall–Kier alpha value is 0.0938. The highest BCUT2D eigenvalue weighted by atomic mass is 28.4. The zero-order chi connectivity index (χ0) is 21.1. The summed E-state index contributed by atoms with van der Waals surface area (Å²) in [6.45, 7) is 25.8. The summed E-state index contributed by atoms with van der Waals surface area (Å²) in [4.78, 5) is 0. The van der Waals surface area contributed by atoms with Gasteiger partial charge < -0.3 is 8.85 Å². The molecule has 0 saturated carbocycles. The van der Waals surface area contributed by atoms with Crippen molar-refractivity contribution < 1.29 is 8.85 Å². The van der Waals surface area contributed by atoms with Crippen molar-refractivity contribution in [2.24, 2.45) is 5.92 Å². The Balaban J connectivity index is 3.02. The fraction of sp³-hybridized carbons (Fsp3) is 0.913. The molecular weight excluding hydrogens is 364 g/mol. The van der Waals surface area contributed by atoms with Gasteiger partial charge in [-0.3, -0.25) is 0 Å². The fourth-order valence-corrected chi connectivity index (χ4v) is 5.92. The molecule has 0 aliphatic heterocycles. The van der Waals surface area contributed by atoms with Crippen molar-refractivity contribution in [3.05, 3.63) is 12.2 Å². The van der Waals surface area contributed by atoms with Crippen LogP contribution in [0.15, 0.2) is 12.2 Å². The monoisotopic (exact) mass is 412 g/mol. The van der Waals surface area contributed by atoms with Gasteiger partial charge in [0.05, 0.1) is 12.2 Å². The molecule has 0 unspecified atom stereocenters. The molecule has 0 aromatic carbocycles. The highest BCUT2D eigenvalue weighted by Crippen LogP contribution is 2.42. The van der Waals surface area contributed by atoms with Gasteiger partial charge in [0, 0.05) is 5.92 Å². The predicted molar refractivity (Wildman–Crippen MR) is 126 cm³/mol. The van der Waals surface area contributed by atoms with E-state index in [1.165, 1.54) is 19.3 Å². The van der Waals surface area contributed by atoms with Gasteiger partial charge in [0.1, 0.15) is 0 Å². The van der Waals surface area contributed by atoms with Crippen LogP contribution in [0.4, 0.5) is 0 Å². The topological polar surface area (TPSA) is 18.5 Å². The van der Waals surface area contributed by atoms with Crippen molar-refractivity contribution >= 4 is 16.6 Å². The summed E-state index contributed by atoms with van der Waals surface area (Å²) in [5.74, 6) is 0.534. The first-order valence-electron chi connectivity index (χ1n) is 11.1. The normalized spacial score (nSPS) is 25.5. The summed E-state index contributed by atoms with van der Waals surface area (Å²) in [7, 11) is -3.56. The van der Waals surface area contributed by atoms with Crippen LogP contribution in [0.25, 0.3) is 0 Å². The zero-order valence-electron chi connectivity index (χ0n) is 20.2. The zero-order valence-corrected chi connectivity index (χ0v) is 22.2. The SMILES string of the molecule is CCCC[C@H]1C=CC[C@H](O[Si](C)(C)C(C)(C)C)C[C@H]1O[Si](C)(C)C(C)(C)C. The first-order valence-corrected chi connectivity index (χ1v) is 16.9. The molecule has 1 aliphatic rings. The van der Waals surface area contributed by atoms with E-state index in [4.69, 9.17) is 8.85 Å². The van der Waals surface area contributed by atoms with E-state index in [1.54, 1.807) is 0 Å². The van der Waals surface area contributed by atoms with Crippen LogP contribution >= 0.6 is 0 Å². The minimum atomic E-state index is -1.80. The molecule has 0 spiro atoms. The van der Waals surface area contributed by atoms with Crippen LogP contribution in [-0.4, -0.2) is 28.8 Å². The molecule has 0 amide bonds. The number of rotatable bonds is 7. The van der Waals surface area contributed by atoms with Gasteiger partial charge in [0.2, 0.25) is 0 Å². The van der Waals surface area contributed by atoms with Crippen molar-refractivity contribution in [3.8, 4) is 0 Å². The quantitative estimate of drug-likeness (QED) is 0.312. The Bertz CT molecular complexity index is 484. The maximum absolute atomic E-state index is 6.99. The smallest absolute Gasteiger partial charge is 0.192 e. The number of unbranched alkanes of at least 4 members (excludes halogenated alkanes) is 1. The van der Waals surface area contributed by atoms with Gasteiger partial charge in [-0.15, -0.1) is 0 Å². The molecule has 0 bridgehead atoms. The summed E-state index contributed by atoms with van der Waals surface area (Å²) >= 11 is 0. The summed E-state index contributed by atoms with van der Waals surface area (Å²) in [6, 6.07) is 0. The van der Waals surface area contributed by atoms with Crippen molar-refractivity contribution in [1.82, 2.24) is 0 Å². The van der Waals surface area contributed by atoms with Gasteiger partial charge in [-0.05, 0) is 55.5 Å². The van der Waals surface area contributed by atoms with Crippen molar-refractivity contribution in [2.45, 2.75) is 129 Å². The summed E-state index contributed by atoms with van der Waals surface area (Å²) in [5, 5.41) is 0.495. The molecule has 0 fully saturated rings. The second-order valence-electron chi connectivity index (χ2n) is 11.6. The lowest BCUT2D eigenvalue weighted by atomic mass is 9.94. The summed E-state index contributed by atoms with van der Waals surface area (Å²) in [6.07, 6.45) is 11.3. The van der Waals surface area contributed by atoms with Crippen LogP contribution in [0, 0.1) is 5.92 Å². The molecular formula is C23H48O2Si2. The van der Waals surface area contributed by atoms with Gasteiger partial charge in [-0.25, -0.2) is 0 Å². The van der Waals surface area contributed by atoms with Gasteiger partial charge in [-0.1, -0.05) is 73.5 Å². The van der Waals surface area contributed by atoms with E-state index in [1.807, 2.05) is 0 Å². The third-order valence-corrected chi connectivity index (χ3v) is 16.2.